The van der Waals surface area contributed by atoms with Gasteiger partial charge in [-0.3, -0.25) is 4.79 Å². The molecule has 1 rings (SSSR count). The van der Waals surface area contributed by atoms with Crippen molar-refractivity contribution in [2.45, 2.75) is 50.9 Å². The third-order valence-corrected chi connectivity index (χ3v) is 3.01. The van der Waals surface area contributed by atoms with E-state index in [0.29, 0.717) is 19.4 Å². The van der Waals surface area contributed by atoms with Crippen LogP contribution in [0.3, 0.4) is 0 Å². The van der Waals surface area contributed by atoms with Gasteiger partial charge in [-0.05, 0) is 32.2 Å². The molecule has 1 aliphatic carbocycles. The summed E-state index contributed by atoms with van der Waals surface area (Å²) in [5.41, 5.74) is 0. The van der Waals surface area contributed by atoms with Crippen molar-refractivity contribution in [1.29, 1.82) is 0 Å². The van der Waals surface area contributed by atoms with E-state index in [1.165, 1.54) is 0 Å². The van der Waals surface area contributed by atoms with E-state index in [9.17, 15) is 18.0 Å². The van der Waals surface area contributed by atoms with Crippen molar-refractivity contribution in [3.63, 3.8) is 0 Å². The normalized spacial score (nSPS) is 24.2. The number of carbonyl (C=O) groups excluding carboxylic acids is 1. The van der Waals surface area contributed by atoms with E-state index in [0.717, 1.165) is 12.8 Å². The van der Waals surface area contributed by atoms with Gasteiger partial charge < -0.3 is 15.4 Å². The van der Waals surface area contributed by atoms with Gasteiger partial charge in [-0.1, -0.05) is 6.92 Å². The summed E-state index contributed by atoms with van der Waals surface area (Å²) in [6, 6.07) is -0.0851. The van der Waals surface area contributed by atoms with Gasteiger partial charge in [0.1, 0.15) is 6.61 Å². The van der Waals surface area contributed by atoms with Crippen LogP contribution in [0.15, 0.2) is 0 Å². The van der Waals surface area contributed by atoms with Gasteiger partial charge in [0.25, 0.3) is 0 Å². The average Bonchev–Trinajstić information content (AvgIpc) is 2.33. The Hall–Kier alpha value is -0.820. The lowest BCUT2D eigenvalue weighted by molar-refractivity contribution is -0.188. The highest BCUT2D eigenvalue weighted by atomic mass is 19.4. The molecule has 0 aromatic rings. The Balaban J connectivity index is 2.27. The van der Waals surface area contributed by atoms with Crippen molar-refractivity contribution in [2.75, 3.05) is 19.7 Å². The van der Waals surface area contributed by atoms with Gasteiger partial charge in [0.2, 0.25) is 5.91 Å². The van der Waals surface area contributed by atoms with E-state index in [-0.39, 0.29) is 18.5 Å². The summed E-state index contributed by atoms with van der Waals surface area (Å²) in [6.45, 7) is 1.63. The zero-order chi connectivity index (χ0) is 14.3. The number of hydrogen-bond acceptors (Lipinski definition) is 3. The molecule has 0 aromatic carbocycles. The van der Waals surface area contributed by atoms with Crippen LogP contribution in [0.4, 0.5) is 13.2 Å². The molecule has 0 radical (unpaired) electrons. The fourth-order valence-corrected chi connectivity index (χ4v) is 2.16. The van der Waals surface area contributed by atoms with E-state index < -0.39 is 18.9 Å². The van der Waals surface area contributed by atoms with Crippen LogP contribution in [0.2, 0.25) is 0 Å². The first-order chi connectivity index (χ1) is 8.90. The number of amides is 1. The lowest BCUT2D eigenvalue weighted by Crippen LogP contribution is -2.44. The summed E-state index contributed by atoms with van der Waals surface area (Å²) in [6.07, 6.45) is -2.07. The van der Waals surface area contributed by atoms with Gasteiger partial charge in [-0.25, -0.2) is 0 Å². The lowest BCUT2D eigenvalue weighted by Gasteiger charge is -2.30. The SMILES string of the molecule is CCNCC(=O)NC1CCCC(OCC(F)(F)F)C1. The van der Waals surface area contributed by atoms with Crippen LogP contribution < -0.4 is 10.6 Å². The van der Waals surface area contributed by atoms with Gasteiger partial charge in [0.05, 0.1) is 12.6 Å². The average molecular weight is 282 g/mol. The topological polar surface area (TPSA) is 50.4 Å². The van der Waals surface area contributed by atoms with Crippen LogP contribution in [-0.4, -0.2) is 43.9 Å². The van der Waals surface area contributed by atoms with Crippen LogP contribution in [-0.2, 0) is 9.53 Å². The standard InChI is InChI=1S/C12H21F3N2O2/c1-2-16-7-11(18)17-9-4-3-5-10(6-9)19-8-12(13,14)15/h9-10,16H,2-8H2,1H3,(H,17,18). The molecule has 19 heavy (non-hydrogen) atoms. The second-order valence-electron chi connectivity index (χ2n) is 4.76. The Kier molecular flexibility index (Phi) is 6.57. The predicted octanol–water partition coefficient (Wildman–Crippen LogP) is 1.60. The number of likely N-dealkylation sites (N-methyl/N-ethyl adjacent to an activating group) is 1. The quantitative estimate of drug-likeness (QED) is 0.778. The van der Waals surface area contributed by atoms with Gasteiger partial charge >= 0.3 is 6.18 Å². The highest BCUT2D eigenvalue weighted by Crippen LogP contribution is 2.24. The predicted molar refractivity (Wildman–Crippen MR) is 64.7 cm³/mol. The first-order valence-electron chi connectivity index (χ1n) is 6.59. The zero-order valence-corrected chi connectivity index (χ0v) is 11.1. The monoisotopic (exact) mass is 282 g/mol. The Morgan fingerprint density at radius 3 is 2.74 bits per heavy atom. The second-order valence-corrected chi connectivity index (χ2v) is 4.76. The minimum Gasteiger partial charge on any atom is -0.369 e. The van der Waals surface area contributed by atoms with Gasteiger partial charge in [-0.15, -0.1) is 0 Å². The maximum atomic E-state index is 12.1. The fourth-order valence-electron chi connectivity index (χ4n) is 2.16. The molecule has 1 aliphatic rings. The highest BCUT2D eigenvalue weighted by Gasteiger charge is 2.31. The molecule has 4 nitrogen and oxygen atoms in total. The maximum absolute atomic E-state index is 12.1. The van der Waals surface area contributed by atoms with Crippen molar-refractivity contribution in [3.05, 3.63) is 0 Å². The van der Waals surface area contributed by atoms with Crippen LogP contribution in [0.5, 0.6) is 0 Å². The molecule has 2 N–H and O–H groups in total. The van der Waals surface area contributed by atoms with Crippen LogP contribution in [0.25, 0.3) is 0 Å². The molecule has 0 spiro atoms. The summed E-state index contributed by atoms with van der Waals surface area (Å²) in [5.74, 6) is -0.122. The van der Waals surface area contributed by atoms with E-state index in [4.69, 9.17) is 4.74 Å². The lowest BCUT2D eigenvalue weighted by atomic mass is 9.93. The Morgan fingerprint density at radius 2 is 2.11 bits per heavy atom. The molecule has 0 bridgehead atoms. The summed E-state index contributed by atoms with van der Waals surface area (Å²) in [7, 11) is 0. The summed E-state index contributed by atoms with van der Waals surface area (Å²) in [4.78, 5) is 11.5. The Bertz CT molecular complexity index is 285. The van der Waals surface area contributed by atoms with Crippen molar-refractivity contribution in [2.24, 2.45) is 0 Å². The summed E-state index contributed by atoms with van der Waals surface area (Å²) >= 11 is 0. The first kappa shape index (κ1) is 16.2. The number of halogens is 3. The van der Waals surface area contributed by atoms with E-state index in [1.54, 1.807) is 0 Å². The molecule has 1 fully saturated rings. The molecular formula is C12H21F3N2O2. The third kappa shape index (κ3) is 7.37. The van der Waals surface area contributed by atoms with Crippen LogP contribution >= 0.6 is 0 Å². The summed E-state index contributed by atoms with van der Waals surface area (Å²) in [5, 5.41) is 5.72. The minimum atomic E-state index is -4.29. The number of rotatable bonds is 6. The van der Waals surface area contributed by atoms with E-state index in [2.05, 4.69) is 10.6 Å². The molecule has 2 unspecified atom stereocenters. The van der Waals surface area contributed by atoms with Gasteiger partial charge in [0, 0.05) is 6.04 Å². The molecule has 112 valence electrons. The molecule has 1 saturated carbocycles. The minimum absolute atomic E-state index is 0.0851. The fraction of sp³-hybridized carbons (Fsp3) is 0.917. The number of alkyl halides is 3. The largest absolute Gasteiger partial charge is 0.411 e. The van der Waals surface area contributed by atoms with Crippen molar-refractivity contribution >= 4 is 5.91 Å². The molecule has 0 aliphatic heterocycles. The van der Waals surface area contributed by atoms with E-state index >= 15 is 0 Å². The molecular weight excluding hydrogens is 261 g/mol. The first-order valence-corrected chi connectivity index (χ1v) is 6.59. The number of hydrogen-bond donors (Lipinski definition) is 2. The summed E-state index contributed by atoms with van der Waals surface area (Å²) < 4.78 is 41.0. The number of nitrogens with one attached hydrogen (secondary N) is 2. The molecule has 0 saturated heterocycles. The Labute approximate surface area is 111 Å². The molecule has 0 aromatic heterocycles. The molecule has 7 heteroatoms. The maximum Gasteiger partial charge on any atom is 0.411 e. The number of carbonyl (C=O) groups is 1. The van der Waals surface area contributed by atoms with Gasteiger partial charge in [-0.2, -0.15) is 13.2 Å². The second kappa shape index (κ2) is 7.69. The van der Waals surface area contributed by atoms with E-state index in [1.807, 2.05) is 6.92 Å². The third-order valence-electron chi connectivity index (χ3n) is 3.01. The van der Waals surface area contributed by atoms with Crippen molar-refractivity contribution in [3.8, 4) is 0 Å². The molecule has 2 atom stereocenters. The van der Waals surface area contributed by atoms with Crippen molar-refractivity contribution in [1.82, 2.24) is 10.6 Å². The smallest absolute Gasteiger partial charge is 0.369 e. The van der Waals surface area contributed by atoms with Crippen LogP contribution in [0, 0.1) is 0 Å². The zero-order valence-electron chi connectivity index (χ0n) is 11.1. The molecule has 1 amide bonds. The van der Waals surface area contributed by atoms with Gasteiger partial charge in [0.15, 0.2) is 0 Å². The van der Waals surface area contributed by atoms with Crippen molar-refractivity contribution < 1.29 is 22.7 Å². The van der Waals surface area contributed by atoms with Crippen LogP contribution in [0.1, 0.15) is 32.6 Å². The Morgan fingerprint density at radius 1 is 1.37 bits per heavy atom. The number of ether oxygens (including phenoxy) is 1. The molecule has 0 heterocycles. The highest BCUT2D eigenvalue weighted by molar-refractivity contribution is 5.78.